The average molecular weight is 431 g/mol. The van der Waals surface area contributed by atoms with Crippen LogP contribution in [0.25, 0.3) is 64.6 Å². The Kier molecular flexibility index (Phi) is 4.25. The van der Waals surface area contributed by atoms with Gasteiger partial charge in [-0.2, -0.15) is 0 Å². The quantitative estimate of drug-likeness (QED) is 0.210. The van der Waals surface area contributed by atoms with Gasteiger partial charge in [-0.05, 0) is 64.6 Å². The van der Waals surface area contributed by atoms with Crippen molar-refractivity contribution in [2.75, 3.05) is 0 Å². The fourth-order valence-electron chi connectivity index (χ4n) is 5.44. The third-order valence-electron chi connectivity index (χ3n) is 7.04. The lowest BCUT2D eigenvalue weighted by molar-refractivity contribution is 1.77. The van der Waals surface area contributed by atoms with Crippen LogP contribution in [0.1, 0.15) is 0 Å². The highest BCUT2D eigenvalue weighted by Crippen LogP contribution is 2.34. The smallest absolute Gasteiger partial charge is 0.00268 e. The summed E-state index contributed by atoms with van der Waals surface area (Å²) in [4.78, 5) is 0. The second kappa shape index (κ2) is 7.57. The molecule has 0 heterocycles. The van der Waals surface area contributed by atoms with Crippen molar-refractivity contribution in [1.82, 2.24) is 0 Å². The van der Waals surface area contributed by atoms with Crippen LogP contribution in [0.5, 0.6) is 0 Å². The van der Waals surface area contributed by atoms with Gasteiger partial charge < -0.3 is 0 Å². The lowest BCUT2D eigenvalue weighted by atomic mass is 9.95. The fraction of sp³-hybridized carbons (Fsp3) is 0. The van der Waals surface area contributed by atoms with Crippen LogP contribution in [0.2, 0.25) is 0 Å². The summed E-state index contributed by atoms with van der Waals surface area (Å²) in [7, 11) is 0. The molecule has 0 N–H and O–H groups in total. The first-order valence-corrected chi connectivity index (χ1v) is 11.8. The molecule has 0 aliphatic heterocycles. The molecule has 0 spiro atoms. The van der Waals surface area contributed by atoms with E-state index in [1.807, 2.05) is 0 Å². The van der Waals surface area contributed by atoms with E-state index in [9.17, 15) is 0 Å². The van der Waals surface area contributed by atoms with Crippen LogP contribution in [0.3, 0.4) is 0 Å². The van der Waals surface area contributed by atoms with E-state index in [-0.39, 0.29) is 0 Å². The van der Waals surface area contributed by atoms with Gasteiger partial charge >= 0.3 is 0 Å². The minimum Gasteiger partial charge on any atom is -0.0616 e. The van der Waals surface area contributed by atoms with Gasteiger partial charge in [0.2, 0.25) is 0 Å². The summed E-state index contributed by atoms with van der Waals surface area (Å²) in [6.45, 7) is 0. The van der Waals surface area contributed by atoms with Crippen LogP contribution >= 0.6 is 0 Å². The van der Waals surface area contributed by atoms with Gasteiger partial charge in [0.05, 0.1) is 0 Å². The molecule has 0 amide bonds. The first kappa shape index (κ1) is 19.1. The number of hydrogen-bond donors (Lipinski definition) is 0. The Balaban J connectivity index is 0.000000118. The number of rotatable bonds is 0. The molecule has 0 saturated carbocycles. The van der Waals surface area contributed by atoms with Gasteiger partial charge in [-0.3, -0.25) is 0 Å². The maximum Gasteiger partial charge on any atom is -0.00268 e. The molecule has 0 radical (unpaired) electrons. The van der Waals surface area contributed by atoms with E-state index in [0.29, 0.717) is 0 Å². The van der Waals surface area contributed by atoms with Crippen LogP contribution in [-0.2, 0) is 0 Å². The number of fused-ring (bicyclic) bond motifs is 5. The van der Waals surface area contributed by atoms with Crippen molar-refractivity contribution in [2.24, 2.45) is 0 Å². The third-order valence-corrected chi connectivity index (χ3v) is 7.04. The van der Waals surface area contributed by atoms with Gasteiger partial charge in [0, 0.05) is 0 Å². The number of benzene rings is 8. The molecule has 0 aliphatic carbocycles. The third kappa shape index (κ3) is 2.93. The van der Waals surface area contributed by atoms with Gasteiger partial charge in [0.25, 0.3) is 0 Å². The molecule has 8 aromatic rings. The highest BCUT2D eigenvalue weighted by molar-refractivity contribution is 6.23. The lowest BCUT2D eigenvalue weighted by Crippen LogP contribution is -1.82. The van der Waals surface area contributed by atoms with E-state index in [4.69, 9.17) is 0 Å². The summed E-state index contributed by atoms with van der Waals surface area (Å²) in [5.41, 5.74) is 0. The molecule has 158 valence electrons. The standard InChI is InChI=1S/C18H12.C16H10/c1-3-7-15-13(5-1)9-11-18-16-8-4-2-6-14(16)10-12-17(15)18;1-3-11-7-9-13-5-2-6-14-10-8-12(4-1)15(11)16(13)14/h1-12H;1-10H. The summed E-state index contributed by atoms with van der Waals surface area (Å²) < 4.78 is 0. The van der Waals surface area contributed by atoms with E-state index in [2.05, 4.69) is 133 Å². The second-order valence-corrected chi connectivity index (χ2v) is 8.96. The van der Waals surface area contributed by atoms with Crippen molar-refractivity contribution in [3.63, 3.8) is 0 Å². The molecule has 0 aromatic heterocycles. The average Bonchev–Trinajstić information content (AvgIpc) is 2.92. The SMILES string of the molecule is c1cc2ccc3cccc4ccc(c1)c2c34.c1ccc2c(c1)ccc1c3ccccc3ccc21. The highest BCUT2D eigenvalue weighted by atomic mass is 14.1. The van der Waals surface area contributed by atoms with E-state index in [1.54, 1.807) is 0 Å². The maximum atomic E-state index is 2.24. The molecule has 0 heteroatoms. The molecule has 0 aliphatic rings. The largest absolute Gasteiger partial charge is 0.0616 e. The molecular formula is C34H22. The zero-order chi connectivity index (χ0) is 22.5. The van der Waals surface area contributed by atoms with Gasteiger partial charge in [0.15, 0.2) is 0 Å². The molecule has 8 rings (SSSR count). The molecular weight excluding hydrogens is 408 g/mol. The summed E-state index contributed by atoms with van der Waals surface area (Å²) in [5, 5.41) is 16.1. The normalized spacial score (nSPS) is 11.5. The van der Waals surface area contributed by atoms with Crippen molar-refractivity contribution < 1.29 is 0 Å². The number of hydrogen-bond acceptors (Lipinski definition) is 0. The van der Waals surface area contributed by atoms with Gasteiger partial charge in [-0.25, -0.2) is 0 Å². The van der Waals surface area contributed by atoms with Crippen molar-refractivity contribution in [2.45, 2.75) is 0 Å². The Labute approximate surface area is 198 Å². The topological polar surface area (TPSA) is 0 Å². The van der Waals surface area contributed by atoms with Crippen molar-refractivity contribution >= 4 is 64.6 Å². The summed E-state index contributed by atoms with van der Waals surface area (Å²) >= 11 is 0. The molecule has 0 fully saturated rings. The van der Waals surface area contributed by atoms with Gasteiger partial charge in [0.1, 0.15) is 0 Å². The van der Waals surface area contributed by atoms with Crippen molar-refractivity contribution in [3.05, 3.63) is 133 Å². The first-order chi connectivity index (χ1) is 16.9. The minimum atomic E-state index is 1.31. The molecule has 8 aromatic carbocycles. The summed E-state index contributed by atoms with van der Waals surface area (Å²) in [6, 6.07) is 47.9. The summed E-state index contributed by atoms with van der Waals surface area (Å²) in [5.74, 6) is 0. The van der Waals surface area contributed by atoms with Crippen molar-refractivity contribution in [3.8, 4) is 0 Å². The molecule has 0 bridgehead atoms. The van der Waals surface area contributed by atoms with E-state index in [1.165, 1.54) is 64.6 Å². The fourth-order valence-corrected chi connectivity index (χ4v) is 5.44. The zero-order valence-electron chi connectivity index (χ0n) is 18.7. The molecule has 0 saturated heterocycles. The Morgan fingerprint density at radius 3 is 0.941 bits per heavy atom. The van der Waals surface area contributed by atoms with Crippen LogP contribution < -0.4 is 0 Å². The summed E-state index contributed by atoms with van der Waals surface area (Å²) in [6.07, 6.45) is 0. The Hall–Kier alpha value is -4.42. The van der Waals surface area contributed by atoms with E-state index in [0.717, 1.165) is 0 Å². The van der Waals surface area contributed by atoms with Crippen LogP contribution in [0.15, 0.2) is 133 Å². The monoisotopic (exact) mass is 430 g/mol. The lowest BCUT2D eigenvalue weighted by Gasteiger charge is -2.09. The van der Waals surface area contributed by atoms with Crippen LogP contribution in [-0.4, -0.2) is 0 Å². The Bertz CT molecular complexity index is 1750. The van der Waals surface area contributed by atoms with Crippen LogP contribution in [0, 0.1) is 0 Å². The Morgan fingerprint density at radius 1 is 0.206 bits per heavy atom. The first-order valence-electron chi connectivity index (χ1n) is 11.8. The predicted octanol–water partition coefficient (Wildman–Crippen LogP) is 9.73. The van der Waals surface area contributed by atoms with Gasteiger partial charge in [-0.1, -0.05) is 133 Å². The minimum absolute atomic E-state index is 1.31. The zero-order valence-corrected chi connectivity index (χ0v) is 18.7. The molecule has 0 atom stereocenters. The molecule has 0 unspecified atom stereocenters. The van der Waals surface area contributed by atoms with E-state index < -0.39 is 0 Å². The second-order valence-electron chi connectivity index (χ2n) is 8.96. The highest BCUT2D eigenvalue weighted by Gasteiger charge is 2.06. The Morgan fingerprint density at radius 2 is 0.529 bits per heavy atom. The molecule has 0 nitrogen and oxygen atoms in total. The predicted molar refractivity (Wildman–Crippen MR) is 149 cm³/mol. The van der Waals surface area contributed by atoms with Gasteiger partial charge in [-0.15, -0.1) is 0 Å². The maximum absolute atomic E-state index is 2.24. The van der Waals surface area contributed by atoms with Crippen LogP contribution in [0.4, 0.5) is 0 Å². The van der Waals surface area contributed by atoms with Crippen molar-refractivity contribution in [1.29, 1.82) is 0 Å². The molecule has 34 heavy (non-hydrogen) atoms. The van der Waals surface area contributed by atoms with E-state index >= 15 is 0 Å².